The third kappa shape index (κ3) is 4.42. The van der Waals surface area contributed by atoms with Crippen LogP contribution in [0.15, 0.2) is 59.1 Å². The van der Waals surface area contributed by atoms with Gasteiger partial charge in [0.2, 0.25) is 0 Å². The quantitative estimate of drug-likeness (QED) is 0.639. The summed E-state index contributed by atoms with van der Waals surface area (Å²) in [5.41, 5.74) is 2.35. The van der Waals surface area contributed by atoms with Gasteiger partial charge in [0.25, 0.3) is 0 Å². The molecular weight excluding hydrogens is 296 g/mol. The number of halogens is 1. The van der Waals surface area contributed by atoms with E-state index in [0.29, 0.717) is 0 Å². The molecule has 88 valence electrons. The Labute approximate surface area is 114 Å². The van der Waals surface area contributed by atoms with E-state index < -0.39 is 0 Å². The molecule has 0 aliphatic heterocycles. The van der Waals surface area contributed by atoms with Gasteiger partial charge in [-0.3, -0.25) is 0 Å². The summed E-state index contributed by atoms with van der Waals surface area (Å²) in [6.45, 7) is 0.823. The van der Waals surface area contributed by atoms with Crippen molar-refractivity contribution in [3.8, 4) is 0 Å². The molecule has 2 nitrogen and oxygen atoms in total. The van der Waals surface area contributed by atoms with Gasteiger partial charge in [-0.25, -0.2) is 4.72 Å². The van der Waals surface area contributed by atoms with Crippen molar-refractivity contribution in [3.05, 3.63) is 64.6 Å². The molecule has 2 N–H and O–H groups in total. The molecule has 0 atom stereocenters. The minimum atomic E-state index is 0.823. The summed E-state index contributed by atoms with van der Waals surface area (Å²) >= 11 is 4.95. The molecule has 2 aromatic carbocycles. The highest BCUT2D eigenvalue weighted by Gasteiger charge is 1.94. The third-order valence-electron chi connectivity index (χ3n) is 2.18. The van der Waals surface area contributed by atoms with E-state index in [9.17, 15) is 0 Å². The van der Waals surface area contributed by atoms with Crippen LogP contribution in [0.4, 0.5) is 5.69 Å². The SMILES string of the molecule is Brc1cccc(CNSNc2ccccc2)c1. The highest BCUT2D eigenvalue weighted by molar-refractivity contribution is 9.10. The van der Waals surface area contributed by atoms with E-state index in [1.165, 1.54) is 17.7 Å². The maximum absolute atomic E-state index is 3.46. The second kappa shape index (κ2) is 6.69. The maximum atomic E-state index is 3.46. The van der Waals surface area contributed by atoms with Gasteiger partial charge in [0.1, 0.15) is 0 Å². The van der Waals surface area contributed by atoms with Gasteiger partial charge in [0.05, 0.1) is 0 Å². The Hall–Kier alpha value is -0.970. The standard InChI is InChI=1S/C13H13BrN2S/c14-12-6-4-5-11(9-12)10-15-17-16-13-7-2-1-3-8-13/h1-9,15-16H,10H2. The van der Waals surface area contributed by atoms with E-state index in [0.717, 1.165) is 16.7 Å². The Morgan fingerprint density at radius 1 is 1.00 bits per heavy atom. The number of anilines is 1. The average Bonchev–Trinajstić information content (AvgIpc) is 2.36. The van der Waals surface area contributed by atoms with E-state index in [1.807, 2.05) is 42.5 Å². The summed E-state index contributed by atoms with van der Waals surface area (Å²) in [5, 5.41) is 0. The van der Waals surface area contributed by atoms with Crippen molar-refractivity contribution in [1.29, 1.82) is 0 Å². The smallest absolute Gasteiger partial charge is 0.0451 e. The number of benzene rings is 2. The van der Waals surface area contributed by atoms with E-state index in [1.54, 1.807) is 0 Å². The average molecular weight is 309 g/mol. The summed E-state index contributed by atoms with van der Waals surface area (Å²) in [7, 11) is 0. The summed E-state index contributed by atoms with van der Waals surface area (Å²) in [5.74, 6) is 0. The van der Waals surface area contributed by atoms with Crippen molar-refractivity contribution >= 4 is 33.8 Å². The first-order valence-corrected chi connectivity index (χ1v) is 6.90. The summed E-state index contributed by atoms with van der Waals surface area (Å²) < 4.78 is 7.59. The fourth-order valence-corrected chi connectivity index (χ4v) is 2.38. The minimum Gasteiger partial charge on any atom is -0.317 e. The van der Waals surface area contributed by atoms with Crippen LogP contribution in [0, 0.1) is 0 Å². The Morgan fingerprint density at radius 3 is 2.59 bits per heavy atom. The lowest BCUT2D eigenvalue weighted by Gasteiger charge is -2.06. The van der Waals surface area contributed by atoms with E-state index >= 15 is 0 Å². The molecule has 0 unspecified atom stereocenters. The first-order chi connectivity index (χ1) is 8.34. The van der Waals surface area contributed by atoms with E-state index in [2.05, 4.69) is 37.5 Å². The van der Waals surface area contributed by atoms with Crippen molar-refractivity contribution in [3.63, 3.8) is 0 Å². The van der Waals surface area contributed by atoms with Crippen LogP contribution in [0.2, 0.25) is 0 Å². The second-order valence-electron chi connectivity index (χ2n) is 3.52. The molecule has 0 fully saturated rings. The van der Waals surface area contributed by atoms with Gasteiger partial charge in [0.15, 0.2) is 0 Å². The number of rotatable bonds is 5. The number of nitrogens with one attached hydrogen (secondary N) is 2. The van der Waals surface area contributed by atoms with Gasteiger partial charge >= 0.3 is 0 Å². The molecule has 0 aromatic heterocycles. The number of para-hydroxylation sites is 1. The molecule has 0 saturated heterocycles. The van der Waals surface area contributed by atoms with Gasteiger partial charge in [0, 0.05) is 28.8 Å². The van der Waals surface area contributed by atoms with Crippen molar-refractivity contribution in [2.75, 3.05) is 4.72 Å². The predicted molar refractivity (Wildman–Crippen MR) is 78.6 cm³/mol. The molecule has 0 aliphatic rings. The Bertz CT molecular complexity index is 462. The van der Waals surface area contributed by atoms with Crippen LogP contribution in [0.5, 0.6) is 0 Å². The van der Waals surface area contributed by atoms with Crippen molar-refractivity contribution in [1.82, 2.24) is 4.72 Å². The van der Waals surface area contributed by atoms with Crippen LogP contribution in [0.3, 0.4) is 0 Å². The van der Waals surface area contributed by atoms with Crippen molar-refractivity contribution in [2.45, 2.75) is 6.54 Å². The third-order valence-corrected chi connectivity index (χ3v) is 3.30. The Morgan fingerprint density at radius 2 is 1.82 bits per heavy atom. The van der Waals surface area contributed by atoms with Gasteiger partial charge < -0.3 is 4.72 Å². The highest BCUT2D eigenvalue weighted by Crippen LogP contribution is 2.13. The van der Waals surface area contributed by atoms with Gasteiger partial charge in [-0.1, -0.05) is 46.3 Å². The monoisotopic (exact) mass is 308 g/mol. The van der Waals surface area contributed by atoms with Crippen molar-refractivity contribution in [2.24, 2.45) is 0 Å². The van der Waals surface area contributed by atoms with E-state index in [-0.39, 0.29) is 0 Å². The Balaban J connectivity index is 1.73. The zero-order valence-electron chi connectivity index (χ0n) is 9.19. The minimum absolute atomic E-state index is 0.823. The second-order valence-corrected chi connectivity index (χ2v) is 5.13. The van der Waals surface area contributed by atoms with Gasteiger partial charge in [-0.15, -0.1) is 0 Å². The van der Waals surface area contributed by atoms with Crippen LogP contribution in [0.25, 0.3) is 0 Å². The number of hydrogen-bond donors (Lipinski definition) is 2. The fraction of sp³-hybridized carbons (Fsp3) is 0.0769. The predicted octanol–water partition coefficient (Wildman–Crippen LogP) is 4.21. The number of hydrogen-bond acceptors (Lipinski definition) is 3. The van der Waals surface area contributed by atoms with Gasteiger partial charge in [-0.2, -0.15) is 0 Å². The molecule has 0 aliphatic carbocycles. The molecule has 2 aromatic rings. The zero-order chi connectivity index (χ0) is 11.9. The van der Waals surface area contributed by atoms with Crippen LogP contribution in [-0.4, -0.2) is 0 Å². The maximum Gasteiger partial charge on any atom is 0.0451 e. The zero-order valence-corrected chi connectivity index (χ0v) is 11.6. The van der Waals surface area contributed by atoms with Crippen LogP contribution >= 0.6 is 28.1 Å². The van der Waals surface area contributed by atoms with E-state index in [4.69, 9.17) is 0 Å². The molecule has 0 heterocycles. The van der Waals surface area contributed by atoms with Crippen molar-refractivity contribution < 1.29 is 0 Å². The molecule has 4 heteroatoms. The molecule has 2 rings (SSSR count). The highest BCUT2D eigenvalue weighted by atomic mass is 79.9. The molecule has 0 radical (unpaired) electrons. The lowest BCUT2D eigenvalue weighted by molar-refractivity contribution is 0.978. The fourth-order valence-electron chi connectivity index (χ4n) is 1.37. The molecule has 17 heavy (non-hydrogen) atoms. The summed E-state index contributed by atoms with van der Waals surface area (Å²) in [4.78, 5) is 0. The molecule has 0 saturated carbocycles. The van der Waals surface area contributed by atoms with Crippen LogP contribution in [0.1, 0.15) is 5.56 Å². The first kappa shape index (κ1) is 12.5. The molecular formula is C13H13BrN2S. The Kier molecular flexibility index (Phi) is 4.91. The topological polar surface area (TPSA) is 24.1 Å². The normalized spacial score (nSPS) is 10.2. The van der Waals surface area contributed by atoms with Crippen LogP contribution < -0.4 is 9.44 Å². The summed E-state index contributed by atoms with van der Waals surface area (Å²) in [6.07, 6.45) is 0. The summed E-state index contributed by atoms with van der Waals surface area (Å²) in [6, 6.07) is 18.4. The lowest BCUT2D eigenvalue weighted by atomic mass is 10.2. The molecule has 0 bridgehead atoms. The van der Waals surface area contributed by atoms with Gasteiger partial charge in [-0.05, 0) is 29.8 Å². The molecule has 0 spiro atoms. The van der Waals surface area contributed by atoms with Crippen LogP contribution in [-0.2, 0) is 6.54 Å². The largest absolute Gasteiger partial charge is 0.317 e. The first-order valence-electron chi connectivity index (χ1n) is 5.29. The molecule has 0 amide bonds. The lowest BCUT2D eigenvalue weighted by Crippen LogP contribution is -2.06.